The average molecular weight is 436 g/mol. The molecule has 0 aliphatic rings. The van der Waals surface area contributed by atoms with Crippen LogP contribution in [0.3, 0.4) is 0 Å². The number of hydrogen-bond donors (Lipinski definition) is 10. The van der Waals surface area contributed by atoms with E-state index in [4.69, 9.17) is 39.1 Å². The van der Waals surface area contributed by atoms with Gasteiger partial charge in [-0.15, -0.1) is 0 Å². The van der Waals surface area contributed by atoms with Crippen molar-refractivity contribution in [2.45, 2.75) is 24.4 Å². The molecule has 2 atom stereocenters. The van der Waals surface area contributed by atoms with Crippen LogP contribution in [0, 0.1) is 0 Å². The molecule has 0 saturated carbocycles. The first kappa shape index (κ1) is 24.5. The summed E-state index contributed by atoms with van der Waals surface area (Å²) in [5.41, 5.74) is 0. The Labute approximate surface area is 136 Å². The third kappa shape index (κ3) is 12.0. The molecular formula is C6H20N2O12P4. The standard InChI is InChI=1S/C6H20N2O12P4/c9-21(10,11)3-7-5(23(15,16)17)1-2-6(24(18,19)20)8-4-22(12,13)14/h5-8H,1-4H2,(H2,9,10,11)(H2,12,13,14)(H2,15,16,17)(H2,18,19,20). The molecule has 0 aliphatic carbocycles. The first-order valence-corrected chi connectivity index (χ1v) is 13.0. The molecule has 0 aromatic rings. The van der Waals surface area contributed by atoms with Crippen LogP contribution in [0.2, 0.25) is 0 Å². The van der Waals surface area contributed by atoms with Gasteiger partial charge in [-0.3, -0.25) is 28.9 Å². The molecule has 0 fully saturated rings. The molecule has 0 aliphatic heterocycles. The van der Waals surface area contributed by atoms with Gasteiger partial charge in [-0.1, -0.05) is 0 Å². The van der Waals surface area contributed by atoms with Gasteiger partial charge in [-0.2, -0.15) is 0 Å². The summed E-state index contributed by atoms with van der Waals surface area (Å²) in [6.45, 7) is 0. The van der Waals surface area contributed by atoms with E-state index in [2.05, 4.69) is 0 Å². The second kappa shape index (κ2) is 8.94. The minimum absolute atomic E-state index is 0.631. The summed E-state index contributed by atoms with van der Waals surface area (Å²) in [5.74, 6) is -3.62. The monoisotopic (exact) mass is 436 g/mol. The van der Waals surface area contributed by atoms with Crippen molar-refractivity contribution in [3.8, 4) is 0 Å². The zero-order valence-corrected chi connectivity index (χ0v) is 15.6. The fourth-order valence-electron chi connectivity index (χ4n) is 1.54. The van der Waals surface area contributed by atoms with E-state index in [1.54, 1.807) is 0 Å². The highest BCUT2D eigenvalue weighted by molar-refractivity contribution is 7.53. The summed E-state index contributed by atoms with van der Waals surface area (Å²) < 4.78 is 44.0. The highest BCUT2D eigenvalue weighted by Crippen LogP contribution is 2.47. The van der Waals surface area contributed by atoms with Crippen LogP contribution in [-0.2, 0) is 18.3 Å². The average Bonchev–Trinajstić information content (AvgIpc) is 2.26. The molecule has 0 aromatic carbocycles. The smallest absolute Gasteiger partial charge is 0.324 e. The lowest BCUT2D eigenvalue weighted by molar-refractivity contribution is 0.318. The van der Waals surface area contributed by atoms with Gasteiger partial charge < -0.3 is 39.1 Å². The highest BCUT2D eigenvalue weighted by Gasteiger charge is 2.35. The van der Waals surface area contributed by atoms with E-state index in [0.717, 1.165) is 0 Å². The number of hydrogen-bond acceptors (Lipinski definition) is 6. The van der Waals surface area contributed by atoms with Gasteiger partial charge in [0.25, 0.3) is 0 Å². The van der Waals surface area contributed by atoms with Crippen LogP contribution in [0.1, 0.15) is 12.8 Å². The SMILES string of the molecule is O=P(O)(O)CNC(CCC(NCP(=O)(O)O)P(=O)(O)O)P(=O)(O)O. The topological polar surface area (TPSA) is 254 Å². The van der Waals surface area contributed by atoms with Gasteiger partial charge in [0.15, 0.2) is 0 Å². The second-order valence-electron chi connectivity index (χ2n) is 4.84. The van der Waals surface area contributed by atoms with Gasteiger partial charge in [0.2, 0.25) is 0 Å². The summed E-state index contributed by atoms with van der Waals surface area (Å²) >= 11 is 0. The predicted octanol–water partition coefficient (Wildman–Crippen LogP) is -1.78. The molecular weight excluding hydrogens is 416 g/mol. The Morgan fingerprint density at radius 1 is 0.583 bits per heavy atom. The quantitative estimate of drug-likeness (QED) is 0.161. The van der Waals surface area contributed by atoms with Gasteiger partial charge in [-0.05, 0) is 12.8 Å². The fourth-order valence-corrected chi connectivity index (χ4v) is 4.38. The molecule has 0 bridgehead atoms. The number of rotatable bonds is 11. The molecule has 0 radical (unpaired) electrons. The van der Waals surface area contributed by atoms with Crippen LogP contribution in [0.4, 0.5) is 0 Å². The molecule has 0 spiro atoms. The Balaban J connectivity index is 4.98. The highest BCUT2D eigenvalue weighted by atomic mass is 31.2. The lowest BCUT2D eigenvalue weighted by atomic mass is 10.3. The Hall–Kier alpha value is 0.520. The zero-order chi connectivity index (χ0) is 19.4. The maximum atomic E-state index is 11.3. The van der Waals surface area contributed by atoms with Crippen LogP contribution in [0.25, 0.3) is 0 Å². The van der Waals surface area contributed by atoms with Crippen LogP contribution >= 0.6 is 30.4 Å². The first-order chi connectivity index (χ1) is 10.4. The second-order valence-corrected chi connectivity index (χ2v) is 11.7. The fraction of sp³-hybridized carbons (Fsp3) is 1.00. The summed E-state index contributed by atoms with van der Waals surface area (Å²) in [7, 11) is -19.1. The van der Waals surface area contributed by atoms with Crippen LogP contribution in [0.5, 0.6) is 0 Å². The van der Waals surface area contributed by atoms with Crippen molar-refractivity contribution in [1.29, 1.82) is 0 Å². The Bertz CT molecular complexity index is 534. The van der Waals surface area contributed by atoms with E-state index in [1.165, 1.54) is 0 Å². The molecule has 24 heavy (non-hydrogen) atoms. The molecule has 0 saturated heterocycles. The third-order valence-corrected chi connectivity index (χ3v) is 6.29. The van der Waals surface area contributed by atoms with Crippen molar-refractivity contribution in [1.82, 2.24) is 10.6 Å². The molecule has 0 aromatic heterocycles. The van der Waals surface area contributed by atoms with Crippen molar-refractivity contribution < 1.29 is 57.4 Å². The van der Waals surface area contributed by atoms with Gasteiger partial charge in [0.05, 0.1) is 12.6 Å². The molecule has 0 heterocycles. The zero-order valence-electron chi connectivity index (χ0n) is 12.0. The number of nitrogens with one attached hydrogen (secondary N) is 2. The van der Waals surface area contributed by atoms with E-state index in [0.29, 0.717) is 0 Å². The molecule has 0 rings (SSSR count). The lowest BCUT2D eigenvalue weighted by Gasteiger charge is -2.24. The molecule has 18 heteroatoms. The minimum Gasteiger partial charge on any atom is -0.324 e. The van der Waals surface area contributed by atoms with Crippen LogP contribution in [-0.4, -0.2) is 63.3 Å². The van der Waals surface area contributed by atoms with Gasteiger partial charge in [0.1, 0.15) is 11.6 Å². The van der Waals surface area contributed by atoms with Crippen molar-refractivity contribution in [3.63, 3.8) is 0 Å². The summed E-state index contributed by atoms with van der Waals surface area (Å²) in [6, 6.07) is 0. The van der Waals surface area contributed by atoms with Crippen molar-refractivity contribution >= 4 is 30.4 Å². The maximum absolute atomic E-state index is 11.3. The minimum atomic E-state index is -4.91. The molecule has 14 nitrogen and oxygen atoms in total. The molecule has 146 valence electrons. The summed E-state index contributed by atoms with van der Waals surface area (Å²) in [5, 5.41) is 3.84. The van der Waals surface area contributed by atoms with Gasteiger partial charge in [-0.25, -0.2) is 0 Å². The largest absolute Gasteiger partial charge is 0.342 e. The predicted molar refractivity (Wildman–Crippen MR) is 81.0 cm³/mol. The van der Waals surface area contributed by atoms with Crippen LogP contribution in [0.15, 0.2) is 0 Å². The summed E-state index contributed by atoms with van der Waals surface area (Å²) in [4.78, 5) is 71.2. The summed E-state index contributed by atoms with van der Waals surface area (Å²) in [6.07, 6.45) is -3.40. The molecule has 0 amide bonds. The first-order valence-electron chi connectivity index (χ1n) is 6.08. The van der Waals surface area contributed by atoms with E-state index < -0.39 is 67.4 Å². The Morgan fingerprint density at radius 3 is 1.00 bits per heavy atom. The molecule has 10 N–H and O–H groups in total. The van der Waals surface area contributed by atoms with Crippen LogP contribution < -0.4 is 10.6 Å². The van der Waals surface area contributed by atoms with Crippen molar-refractivity contribution in [3.05, 3.63) is 0 Å². The Morgan fingerprint density at radius 2 is 0.833 bits per heavy atom. The van der Waals surface area contributed by atoms with Gasteiger partial charge >= 0.3 is 30.4 Å². The van der Waals surface area contributed by atoms with Crippen molar-refractivity contribution in [2.75, 3.05) is 12.6 Å². The maximum Gasteiger partial charge on any atom is 0.342 e. The third-order valence-electron chi connectivity index (χ3n) is 2.59. The van der Waals surface area contributed by atoms with E-state index in [1.807, 2.05) is 10.6 Å². The lowest BCUT2D eigenvalue weighted by Crippen LogP contribution is -2.34. The normalized spacial score (nSPS) is 16.8. The van der Waals surface area contributed by atoms with Crippen molar-refractivity contribution in [2.24, 2.45) is 0 Å². The molecule has 2 unspecified atom stereocenters. The van der Waals surface area contributed by atoms with E-state index in [-0.39, 0.29) is 0 Å². The Kier molecular flexibility index (Phi) is 9.14. The van der Waals surface area contributed by atoms with E-state index in [9.17, 15) is 18.3 Å². The van der Waals surface area contributed by atoms with E-state index >= 15 is 0 Å². The van der Waals surface area contributed by atoms with Gasteiger partial charge in [0, 0.05) is 0 Å².